The van der Waals surface area contributed by atoms with E-state index in [2.05, 4.69) is 46.2 Å². The Morgan fingerprint density at radius 3 is 2.57 bits per heavy atom. The van der Waals surface area contributed by atoms with Gasteiger partial charge in [-0.2, -0.15) is 0 Å². The van der Waals surface area contributed by atoms with Crippen LogP contribution in [0.5, 0.6) is 0 Å². The summed E-state index contributed by atoms with van der Waals surface area (Å²) in [5.41, 5.74) is 1.14. The Balaban J connectivity index is 2.61. The van der Waals surface area contributed by atoms with E-state index in [1.165, 1.54) is 0 Å². The van der Waals surface area contributed by atoms with Gasteiger partial charge in [-0.25, -0.2) is 0 Å². The summed E-state index contributed by atoms with van der Waals surface area (Å²) in [5.74, 6) is 0. The Labute approximate surface area is 141 Å². The first-order valence-corrected chi connectivity index (χ1v) is 8.66. The molecule has 0 aliphatic heterocycles. The zero-order valence-electron chi connectivity index (χ0n) is 13.1. The van der Waals surface area contributed by atoms with Crippen LogP contribution in [0.1, 0.15) is 38.3 Å². The molecule has 0 radical (unpaired) electrons. The van der Waals surface area contributed by atoms with Crippen molar-refractivity contribution in [3.63, 3.8) is 0 Å². The molecule has 0 aromatic heterocycles. The number of aliphatic hydroxyl groups excluding tert-OH is 1. The summed E-state index contributed by atoms with van der Waals surface area (Å²) >= 11 is 9.81. The van der Waals surface area contributed by atoms with Gasteiger partial charge in [0.05, 0.1) is 6.10 Å². The lowest BCUT2D eigenvalue weighted by atomic mass is 10.0. The molecule has 0 aliphatic rings. The van der Waals surface area contributed by atoms with Crippen molar-refractivity contribution in [1.29, 1.82) is 0 Å². The van der Waals surface area contributed by atoms with Crippen LogP contribution in [-0.2, 0) is 0 Å². The largest absolute Gasteiger partial charge is 0.393 e. The van der Waals surface area contributed by atoms with Gasteiger partial charge in [-0.1, -0.05) is 40.5 Å². The van der Waals surface area contributed by atoms with Crippen molar-refractivity contribution in [1.82, 2.24) is 10.2 Å². The summed E-state index contributed by atoms with van der Waals surface area (Å²) in [7, 11) is 2.09. The zero-order valence-corrected chi connectivity index (χ0v) is 15.4. The molecule has 0 saturated carbocycles. The summed E-state index contributed by atoms with van der Waals surface area (Å²) in [5, 5.41) is 13.6. The first-order chi connectivity index (χ1) is 9.93. The fourth-order valence-corrected chi connectivity index (χ4v) is 3.07. The van der Waals surface area contributed by atoms with Gasteiger partial charge in [0, 0.05) is 22.1 Å². The Morgan fingerprint density at radius 2 is 2.00 bits per heavy atom. The normalized spacial score (nSPS) is 14.4. The maximum absolute atomic E-state index is 9.34. The third-order valence-corrected chi connectivity index (χ3v) is 4.34. The van der Waals surface area contributed by atoms with Crippen molar-refractivity contribution >= 4 is 27.5 Å². The SMILES string of the molecule is CCNC(CCN(C)CCC(C)O)c1ccc(Br)cc1Cl. The van der Waals surface area contributed by atoms with Gasteiger partial charge in [-0.3, -0.25) is 0 Å². The lowest BCUT2D eigenvalue weighted by Crippen LogP contribution is -2.29. The number of nitrogens with one attached hydrogen (secondary N) is 1. The first-order valence-electron chi connectivity index (χ1n) is 7.49. The molecule has 2 N–H and O–H groups in total. The summed E-state index contributed by atoms with van der Waals surface area (Å²) in [6.07, 6.45) is 1.56. The summed E-state index contributed by atoms with van der Waals surface area (Å²) in [4.78, 5) is 2.25. The van der Waals surface area contributed by atoms with Crippen molar-refractivity contribution in [2.24, 2.45) is 0 Å². The van der Waals surface area contributed by atoms with Gasteiger partial charge in [0.1, 0.15) is 0 Å². The molecular weight excluding hydrogens is 352 g/mol. The van der Waals surface area contributed by atoms with Crippen molar-refractivity contribution in [3.8, 4) is 0 Å². The number of rotatable bonds is 9. The quantitative estimate of drug-likeness (QED) is 0.686. The molecule has 1 aromatic rings. The van der Waals surface area contributed by atoms with E-state index in [0.29, 0.717) is 0 Å². The summed E-state index contributed by atoms with van der Waals surface area (Å²) < 4.78 is 1.00. The Bertz CT molecular complexity index is 429. The molecule has 0 spiro atoms. The van der Waals surface area contributed by atoms with Crippen LogP contribution >= 0.6 is 27.5 Å². The molecule has 1 rings (SSSR count). The molecule has 0 saturated heterocycles. The molecule has 1 aromatic carbocycles. The van der Waals surface area contributed by atoms with E-state index >= 15 is 0 Å². The second-order valence-corrected chi connectivity index (χ2v) is 6.83. The van der Waals surface area contributed by atoms with Crippen LogP contribution in [0.2, 0.25) is 5.02 Å². The highest BCUT2D eigenvalue weighted by Gasteiger charge is 2.15. The Morgan fingerprint density at radius 1 is 1.33 bits per heavy atom. The molecule has 21 heavy (non-hydrogen) atoms. The van der Waals surface area contributed by atoms with Crippen LogP contribution in [0.4, 0.5) is 0 Å². The van der Waals surface area contributed by atoms with Crippen molar-refractivity contribution in [3.05, 3.63) is 33.3 Å². The third-order valence-electron chi connectivity index (χ3n) is 3.52. The number of hydrogen-bond donors (Lipinski definition) is 2. The van der Waals surface area contributed by atoms with Gasteiger partial charge in [0.15, 0.2) is 0 Å². The molecular formula is C16H26BrClN2O. The monoisotopic (exact) mass is 376 g/mol. The first kappa shape index (κ1) is 18.9. The van der Waals surface area contributed by atoms with Gasteiger partial charge in [-0.05, 0) is 57.6 Å². The van der Waals surface area contributed by atoms with Gasteiger partial charge in [-0.15, -0.1) is 0 Å². The van der Waals surface area contributed by atoms with Crippen LogP contribution in [0.15, 0.2) is 22.7 Å². The van der Waals surface area contributed by atoms with E-state index in [0.717, 1.165) is 47.5 Å². The fraction of sp³-hybridized carbons (Fsp3) is 0.625. The lowest BCUT2D eigenvalue weighted by Gasteiger charge is -2.24. The van der Waals surface area contributed by atoms with E-state index in [4.69, 9.17) is 11.6 Å². The molecule has 5 heteroatoms. The van der Waals surface area contributed by atoms with E-state index in [1.54, 1.807) is 0 Å². The van der Waals surface area contributed by atoms with Crippen molar-refractivity contribution < 1.29 is 5.11 Å². The topological polar surface area (TPSA) is 35.5 Å². The highest BCUT2D eigenvalue weighted by Crippen LogP contribution is 2.28. The van der Waals surface area contributed by atoms with E-state index < -0.39 is 0 Å². The maximum atomic E-state index is 9.34. The third kappa shape index (κ3) is 7.11. The van der Waals surface area contributed by atoms with Gasteiger partial charge < -0.3 is 15.3 Å². The number of benzene rings is 1. The van der Waals surface area contributed by atoms with E-state index in [1.807, 2.05) is 19.1 Å². The molecule has 2 unspecified atom stereocenters. The van der Waals surface area contributed by atoms with Gasteiger partial charge >= 0.3 is 0 Å². The Hall–Kier alpha value is -0.130. The van der Waals surface area contributed by atoms with Gasteiger partial charge in [0.25, 0.3) is 0 Å². The molecule has 0 fully saturated rings. The van der Waals surface area contributed by atoms with Crippen LogP contribution in [0.3, 0.4) is 0 Å². The Kier molecular flexibility index (Phi) is 8.83. The average Bonchev–Trinajstić information content (AvgIpc) is 2.41. The number of halogens is 2. The van der Waals surface area contributed by atoms with Crippen LogP contribution < -0.4 is 5.32 Å². The summed E-state index contributed by atoms with van der Waals surface area (Å²) in [6, 6.07) is 6.31. The second-order valence-electron chi connectivity index (χ2n) is 5.51. The average molecular weight is 378 g/mol. The second kappa shape index (κ2) is 9.80. The standard InChI is InChI=1S/C16H26BrClN2O/c1-4-19-16(8-10-20(3)9-7-12(2)21)14-6-5-13(17)11-15(14)18/h5-6,11-12,16,19,21H,4,7-10H2,1-3H3. The smallest absolute Gasteiger partial charge is 0.0524 e. The lowest BCUT2D eigenvalue weighted by molar-refractivity contribution is 0.163. The minimum absolute atomic E-state index is 0.238. The fourth-order valence-electron chi connectivity index (χ4n) is 2.27. The summed E-state index contributed by atoms with van der Waals surface area (Å²) in [6.45, 7) is 6.73. The zero-order chi connectivity index (χ0) is 15.8. The van der Waals surface area contributed by atoms with Crippen LogP contribution in [0.25, 0.3) is 0 Å². The molecule has 3 nitrogen and oxygen atoms in total. The molecule has 120 valence electrons. The number of hydrogen-bond acceptors (Lipinski definition) is 3. The molecule has 0 aliphatic carbocycles. The highest BCUT2D eigenvalue weighted by atomic mass is 79.9. The number of aliphatic hydroxyl groups is 1. The van der Waals surface area contributed by atoms with Crippen molar-refractivity contribution in [2.75, 3.05) is 26.7 Å². The molecule has 0 bridgehead atoms. The van der Waals surface area contributed by atoms with E-state index in [-0.39, 0.29) is 12.1 Å². The number of nitrogens with zero attached hydrogens (tertiary/aromatic N) is 1. The van der Waals surface area contributed by atoms with Gasteiger partial charge in [0.2, 0.25) is 0 Å². The minimum Gasteiger partial charge on any atom is -0.393 e. The molecule has 0 heterocycles. The van der Waals surface area contributed by atoms with Crippen LogP contribution in [-0.4, -0.2) is 42.8 Å². The van der Waals surface area contributed by atoms with Crippen LogP contribution in [0, 0.1) is 0 Å². The molecule has 0 amide bonds. The minimum atomic E-state index is -0.238. The maximum Gasteiger partial charge on any atom is 0.0524 e. The predicted octanol–water partition coefficient (Wildman–Crippen LogP) is 3.85. The van der Waals surface area contributed by atoms with E-state index in [9.17, 15) is 5.11 Å². The predicted molar refractivity (Wildman–Crippen MR) is 94.0 cm³/mol. The highest BCUT2D eigenvalue weighted by molar-refractivity contribution is 9.10. The molecule has 2 atom stereocenters. The van der Waals surface area contributed by atoms with Crippen molar-refractivity contribution in [2.45, 2.75) is 38.8 Å².